The molecule has 1 amide bonds. The van der Waals surface area contributed by atoms with Gasteiger partial charge in [-0.1, -0.05) is 32.9 Å². The molecule has 0 fully saturated rings. The Kier molecular flexibility index (Phi) is 5.35. The zero-order valence-corrected chi connectivity index (χ0v) is 16.0. The molecule has 6 heteroatoms. The first-order chi connectivity index (χ1) is 12.8. The molecule has 2 aromatic carbocycles. The van der Waals surface area contributed by atoms with E-state index in [0.29, 0.717) is 17.2 Å². The molecule has 0 saturated heterocycles. The van der Waals surface area contributed by atoms with Crippen molar-refractivity contribution >= 4 is 12.1 Å². The van der Waals surface area contributed by atoms with E-state index in [0.717, 1.165) is 5.56 Å². The summed E-state index contributed by atoms with van der Waals surface area (Å²) in [5.41, 5.74) is 4.57. The molecule has 1 aliphatic rings. The van der Waals surface area contributed by atoms with Crippen molar-refractivity contribution in [2.45, 2.75) is 39.2 Å². The topological polar surface area (TPSA) is 69.2 Å². The van der Waals surface area contributed by atoms with Crippen LogP contribution in [-0.2, 0) is 10.2 Å². The molecule has 1 atom stereocenters. The third-order valence-corrected chi connectivity index (χ3v) is 4.19. The number of rotatable bonds is 5. The summed E-state index contributed by atoms with van der Waals surface area (Å²) >= 11 is 0. The van der Waals surface area contributed by atoms with Crippen LogP contribution < -0.4 is 19.6 Å². The van der Waals surface area contributed by atoms with Gasteiger partial charge < -0.3 is 14.2 Å². The molecular weight excluding hydrogens is 344 g/mol. The highest BCUT2D eigenvalue weighted by Gasteiger charge is 2.16. The van der Waals surface area contributed by atoms with E-state index in [4.69, 9.17) is 14.2 Å². The Bertz CT molecular complexity index is 838. The summed E-state index contributed by atoms with van der Waals surface area (Å²) in [6, 6.07) is 13.2. The van der Waals surface area contributed by atoms with Crippen LogP contribution in [0.1, 0.15) is 38.8 Å². The van der Waals surface area contributed by atoms with Crippen LogP contribution in [0.25, 0.3) is 0 Å². The van der Waals surface area contributed by atoms with Crippen LogP contribution in [0.2, 0.25) is 0 Å². The number of fused-ring (bicyclic) bond motifs is 1. The van der Waals surface area contributed by atoms with Gasteiger partial charge in [0.15, 0.2) is 17.6 Å². The maximum absolute atomic E-state index is 12.2. The molecule has 27 heavy (non-hydrogen) atoms. The second kappa shape index (κ2) is 7.70. The number of hydrogen-bond donors (Lipinski definition) is 1. The van der Waals surface area contributed by atoms with Crippen LogP contribution in [-0.4, -0.2) is 25.0 Å². The van der Waals surface area contributed by atoms with Gasteiger partial charge in [-0.2, -0.15) is 5.10 Å². The molecule has 0 radical (unpaired) electrons. The van der Waals surface area contributed by atoms with Crippen molar-refractivity contribution in [1.29, 1.82) is 0 Å². The van der Waals surface area contributed by atoms with Crippen LogP contribution in [0.3, 0.4) is 0 Å². The van der Waals surface area contributed by atoms with E-state index in [9.17, 15) is 4.79 Å². The molecule has 0 aromatic heterocycles. The van der Waals surface area contributed by atoms with Gasteiger partial charge in [0.1, 0.15) is 5.75 Å². The summed E-state index contributed by atoms with van der Waals surface area (Å²) in [4.78, 5) is 12.2. The van der Waals surface area contributed by atoms with Crippen molar-refractivity contribution in [2.75, 3.05) is 6.79 Å². The van der Waals surface area contributed by atoms with E-state index in [1.807, 2.05) is 30.3 Å². The Morgan fingerprint density at radius 1 is 1.15 bits per heavy atom. The number of carbonyl (C=O) groups is 1. The standard InChI is InChI=1S/C21H24N2O4/c1-14(27-17-8-6-16(7-9-17)21(2,3)4)20(24)23-22-12-15-5-10-18-19(11-15)26-13-25-18/h5-12,14H,13H2,1-4H3,(H,23,24)/b22-12+. The minimum absolute atomic E-state index is 0.0744. The number of amides is 1. The SMILES string of the molecule is CC(Oc1ccc(C(C)(C)C)cc1)C(=O)N/N=C/c1ccc2c(c1)OCO2. The number of nitrogens with one attached hydrogen (secondary N) is 1. The molecule has 0 bridgehead atoms. The number of nitrogens with zero attached hydrogens (tertiary/aromatic N) is 1. The summed E-state index contributed by atoms with van der Waals surface area (Å²) < 4.78 is 16.3. The van der Waals surface area contributed by atoms with Crippen molar-refractivity contribution in [2.24, 2.45) is 5.10 Å². The normalized spacial score (nSPS) is 14.2. The lowest BCUT2D eigenvalue weighted by atomic mass is 9.87. The lowest BCUT2D eigenvalue weighted by molar-refractivity contribution is -0.127. The van der Waals surface area contributed by atoms with Gasteiger partial charge in [0.25, 0.3) is 5.91 Å². The average molecular weight is 368 g/mol. The predicted octanol–water partition coefficient (Wildman–Crippen LogP) is 3.63. The van der Waals surface area contributed by atoms with Gasteiger partial charge in [-0.25, -0.2) is 5.43 Å². The summed E-state index contributed by atoms with van der Waals surface area (Å²) in [6.45, 7) is 8.35. The van der Waals surface area contributed by atoms with Crippen LogP contribution in [0.5, 0.6) is 17.2 Å². The van der Waals surface area contributed by atoms with Crippen molar-refractivity contribution in [3.05, 3.63) is 53.6 Å². The van der Waals surface area contributed by atoms with Gasteiger partial charge in [0.2, 0.25) is 6.79 Å². The first-order valence-corrected chi connectivity index (χ1v) is 8.83. The minimum Gasteiger partial charge on any atom is -0.481 e. The molecule has 0 spiro atoms. The molecule has 0 aliphatic carbocycles. The number of hydrazone groups is 1. The molecule has 2 aromatic rings. The Morgan fingerprint density at radius 3 is 2.56 bits per heavy atom. The molecule has 6 nitrogen and oxygen atoms in total. The smallest absolute Gasteiger partial charge is 0.280 e. The Balaban J connectivity index is 1.53. The number of benzene rings is 2. The van der Waals surface area contributed by atoms with E-state index in [2.05, 4.69) is 31.3 Å². The first-order valence-electron chi connectivity index (χ1n) is 8.83. The Morgan fingerprint density at radius 2 is 1.85 bits per heavy atom. The van der Waals surface area contributed by atoms with E-state index >= 15 is 0 Å². The van der Waals surface area contributed by atoms with Crippen molar-refractivity contribution < 1.29 is 19.0 Å². The van der Waals surface area contributed by atoms with E-state index in [1.54, 1.807) is 25.3 Å². The second-order valence-electron chi connectivity index (χ2n) is 7.38. The fraction of sp³-hybridized carbons (Fsp3) is 0.333. The Hall–Kier alpha value is -3.02. The number of hydrogen-bond acceptors (Lipinski definition) is 5. The van der Waals surface area contributed by atoms with Crippen molar-refractivity contribution in [3.8, 4) is 17.2 Å². The van der Waals surface area contributed by atoms with Crippen LogP contribution in [0.15, 0.2) is 47.6 Å². The summed E-state index contributed by atoms with van der Waals surface area (Å²) in [6.07, 6.45) is 0.879. The van der Waals surface area contributed by atoms with E-state index in [1.165, 1.54) is 5.56 Å². The second-order valence-corrected chi connectivity index (χ2v) is 7.38. The van der Waals surface area contributed by atoms with Crippen LogP contribution >= 0.6 is 0 Å². The van der Waals surface area contributed by atoms with Gasteiger partial charge >= 0.3 is 0 Å². The largest absolute Gasteiger partial charge is 0.481 e. The first kappa shape index (κ1) is 18.8. The maximum Gasteiger partial charge on any atom is 0.280 e. The monoisotopic (exact) mass is 368 g/mol. The molecule has 3 rings (SSSR count). The molecular formula is C21H24N2O4. The van der Waals surface area contributed by atoms with E-state index < -0.39 is 6.10 Å². The van der Waals surface area contributed by atoms with Gasteiger partial charge in [-0.05, 0) is 53.8 Å². The molecule has 1 heterocycles. The van der Waals surface area contributed by atoms with Crippen LogP contribution in [0.4, 0.5) is 0 Å². The van der Waals surface area contributed by atoms with Crippen LogP contribution in [0, 0.1) is 0 Å². The zero-order chi connectivity index (χ0) is 19.4. The van der Waals surface area contributed by atoms with Gasteiger partial charge in [0.05, 0.1) is 6.21 Å². The fourth-order valence-corrected chi connectivity index (χ4v) is 2.55. The van der Waals surface area contributed by atoms with Crippen molar-refractivity contribution in [1.82, 2.24) is 5.43 Å². The highest BCUT2D eigenvalue weighted by atomic mass is 16.7. The van der Waals surface area contributed by atoms with Gasteiger partial charge in [-0.3, -0.25) is 4.79 Å². The molecule has 1 N–H and O–H groups in total. The minimum atomic E-state index is -0.667. The number of carbonyl (C=O) groups excluding carboxylic acids is 1. The highest BCUT2D eigenvalue weighted by molar-refractivity contribution is 5.85. The molecule has 1 aliphatic heterocycles. The maximum atomic E-state index is 12.2. The molecule has 0 saturated carbocycles. The predicted molar refractivity (Wildman–Crippen MR) is 104 cm³/mol. The average Bonchev–Trinajstić information content (AvgIpc) is 3.09. The van der Waals surface area contributed by atoms with Crippen molar-refractivity contribution in [3.63, 3.8) is 0 Å². The lowest BCUT2D eigenvalue weighted by Gasteiger charge is -2.19. The van der Waals surface area contributed by atoms with Gasteiger partial charge in [0, 0.05) is 0 Å². The highest BCUT2D eigenvalue weighted by Crippen LogP contribution is 2.32. The third-order valence-electron chi connectivity index (χ3n) is 4.19. The third kappa shape index (κ3) is 4.78. The zero-order valence-electron chi connectivity index (χ0n) is 16.0. The summed E-state index contributed by atoms with van der Waals surface area (Å²) in [5, 5.41) is 3.98. The molecule has 1 unspecified atom stereocenters. The summed E-state index contributed by atoms with van der Waals surface area (Å²) in [7, 11) is 0. The molecule has 142 valence electrons. The fourth-order valence-electron chi connectivity index (χ4n) is 2.55. The Labute approximate surface area is 159 Å². The van der Waals surface area contributed by atoms with Gasteiger partial charge in [-0.15, -0.1) is 0 Å². The lowest BCUT2D eigenvalue weighted by Crippen LogP contribution is -2.33. The number of ether oxygens (including phenoxy) is 3. The summed E-state index contributed by atoms with van der Waals surface area (Å²) in [5.74, 6) is 1.69. The quantitative estimate of drug-likeness (QED) is 0.646. The van der Waals surface area contributed by atoms with E-state index in [-0.39, 0.29) is 18.1 Å².